The number of hydrogen-bond donors (Lipinski definition) is 3. The van der Waals surface area contributed by atoms with Crippen LogP contribution in [0.15, 0.2) is 24.3 Å². The van der Waals surface area contributed by atoms with Crippen LogP contribution >= 0.6 is 24.8 Å². The van der Waals surface area contributed by atoms with Gasteiger partial charge in [0.15, 0.2) is 0 Å². The molecule has 3 rings (SSSR count). The second kappa shape index (κ2) is 12.3. The van der Waals surface area contributed by atoms with Crippen molar-refractivity contribution in [2.24, 2.45) is 5.73 Å². The second-order valence-electron chi connectivity index (χ2n) is 7.46. The largest absolute Gasteiger partial charge is 0.379 e. The zero-order valence-corrected chi connectivity index (χ0v) is 18.3. The van der Waals surface area contributed by atoms with E-state index in [0.29, 0.717) is 17.8 Å². The average molecular weight is 447 g/mol. The Morgan fingerprint density at radius 2 is 1.66 bits per heavy atom. The molecule has 2 fully saturated rings. The lowest BCUT2D eigenvalue weighted by atomic mass is 9.82. The Morgan fingerprint density at radius 3 is 2.28 bits per heavy atom. The Labute approximate surface area is 184 Å². The van der Waals surface area contributed by atoms with Gasteiger partial charge in [0.05, 0.1) is 18.8 Å². The second-order valence-corrected chi connectivity index (χ2v) is 7.46. The third kappa shape index (κ3) is 7.42. The average Bonchev–Trinajstić information content (AvgIpc) is 2.70. The van der Waals surface area contributed by atoms with Crippen molar-refractivity contribution >= 4 is 42.3 Å². The molecule has 1 aromatic rings. The Bertz CT molecular complexity index is 646. The van der Waals surface area contributed by atoms with Gasteiger partial charge in [0, 0.05) is 37.4 Å². The van der Waals surface area contributed by atoms with Crippen molar-refractivity contribution in [1.29, 1.82) is 0 Å². The molecule has 2 amide bonds. The number of nitrogens with one attached hydrogen (secondary N) is 2. The number of morpholine rings is 1. The van der Waals surface area contributed by atoms with Gasteiger partial charge >= 0.3 is 0 Å². The maximum absolute atomic E-state index is 12.5. The number of hydrogen-bond acceptors (Lipinski definition) is 5. The molecule has 0 atom stereocenters. The van der Waals surface area contributed by atoms with E-state index in [2.05, 4.69) is 15.5 Å². The summed E-state index contributed by atoms with van der Waals surface area (Å²) in [6.45, 7) is 4.76. The van der Waals surface area contributed by atoms with Crippen LogP contribution in [0.25, 0.3) is 0 Å². The van der Waals surface area contributed by atoms with Crippen LogP contribution < -0.4 is 16.4 Å². The molecule has 4 N–H and O–H groups in total. The van der Waals surface area contributed by atoms with Gasteiger partial charge in [-0.15, -0.1) is 24.8 Å². The number of ether oxygens (including phenoxy) is 1. The summed E-state index contributed by atoms with van der Waals surface area (Å²) in [5.41, 5.74) is 6.73. The number of anilines is 1. The molecule has 1 aliphatic heterocycles. The number of benzene rings is 1. The summed E-state index contributed by atoms with van der Waals surface area (Å²) in [7, 11) is 0. The number of carbonyl (C=O) groups excluding carboxylic acids is 2. The van der Waals surface area contributed by atoms with E-state index < -0.39 is 5.54 Å². The molecule has 1 saturated carbocycles. The number of rotatable bonds is 6. The van der Waals surface area contributed by atoms with Gasteiger partial charge in [-0.1, -0.05) is 19.3 Å². The van der Waals surface area contributed by atoms with Gasteiger partial charge in [-0.3, -0.25) is 14.5 Å². The summed E-state index contributed by atoms with van der Waals surface area (Å²) in [6.07, 6.45) is 4.58. The van der Waals surface area contributed by atoms with E-state index >= 15 is 0 Å². The van der Waals surface area contributed by atoms with Crippen LogP contribution in [0.1, 0.15) is 42.5 Å². The highest BCUT2D eigenvalue weighted by molar-refractivity contribution is 5.99. The van der Waals surface area contributed by atoms with Gasteiger partial charge in [-0.2, -0.15) is 0 Å². The topological polar surface area (TPSA) is 96.7 Å². The minimum absolute atomic E-state index is 0. The molecule has 1 heterocycles. The highest BCUT2D eigenvalue weighted by Gasteiger charge is 2.35. The van der Waals surface area contributed by atoms with E-state index in [9.17, 15) is 9.59 Å². The van der Waals surface area contributed by atoms with Gasteiger partial charge in [0.25, 0.3) is 5.91 Å². The molecule has 9 heteroatoms. The molecule has 7 nitrogen and oxygen atoms in total. The molecule has 1 aliphatic carbocycles. The van der Waals surface area contributed by atoms with Crippen LogP contribution in [0.2, 0.25) is 0 Å². The van der Waals surface area contributed by atoms with Crippen LogP contribution in [0.3, 0.4) is 0 Å². The third-order valence-corrected chi connectivity index (χ3v) is 5.42. The van der Waals surface area contributed by atoms with Crippen LogP contribution in [-0.2, 0) is 9.53 Å². The molecule has 1 saturated heterocycles. The first-order valence-corrected chi connectivity index (χ1v) is 9.85. The molecule has 164 valence electrons. The third-order valence-electron chi connectivity index (χ3n) is 5.42. The molecule has 2 aliphatic rings. The maximum atomic E-state index is 12.5. The first-order valence-electron chi connectivity index (χ1n) is 9.85. The van der Waals surface area contributed by atoms with Gasteiger partial charge < -0.3 is 21.1 Å². The van der Waals surface area contributed by atoms with Crippen LogP contribution in [0, 0.1) is 0 Å². The predicted octanol–water partition coefficient (Wildman–Crippen LogP) is 2.19. The Hall–Kier alpha value is -1.38. The Kier molecular flexibility index (Phi) is 10.9. The van der Waals surface area contributed by atoms with E-state index in [-0.39, 0.29) is 36.6 Å². The standard InChI is InChI=1S/C20H30N4O3.2ClH/c21-20(8-2-1-3-9-20)19(26)23-17-6-4-16(5-7-17)18(25)22-10-11-24-12-14-27-15-13-24;;/h4-7H,1-3,8-15,21H2,(H,22,25)(H,23,26);2*1H. The van der Waals surface area contributed by atoms with Crippen molar-refractivity contribution in [1.82, 2.24) is 10.2 Å². The number of amides is 2. The van der Waals surface area contributed by atoms with Crippen molar-refractivity contribution in [3.63, 3.8) is 0 Å². The SMILES string of the molecule is Cl.Cl.NC1(C(=O)Nc2ccc(C(=O)NCCN3CCOCC3)cc2)CCCCC1. The van der Waals surface area contributed by atoms with E-state index in [1.165, 1.54) is 0 Å². The van der Waals surface area contributed by atoms with Crippen molar-refractivity contribution in [3.8, 4) is 0 Å². The number of halogens is 2. The van der Waals surface area contributed by atoms with Gasteiger partial charge in [0.2, 0.25) is 5.91 Å². The first kappa shape index (κ1) is 25.7. The fourth-order valence-corrected chi connectivity index (χ4v) is 3.62. The number of carbonyl (C=O) groups is 2. The van der Waals surface area contributed by atoms with E-state index in [1.807, 2.05) is 0 Å². The van der Waals surface area contributed by atoms with E-state index in [4.69, 9.17) is 10.5 Å². The van der Waals surface area contributed by atoms with Crippen molar-refractivity contribution in [3.05, 3.63) is 29.8 Å². The van der Waals surface area contributed by atoms with Gasteiger partial charge in [-0.05, 0) is 37.1 Å². The molecular formula is C20H32Cl2N4O3. The fraction of sp³-hybridized carbons (Fsp3) is 0.600. The summed E-state index contributed by atoms with van der Waals surface area (Å²) < 4.78 is 5.31. The molecule has 0 radical (unpaired) electrons. The van der Waals surface area contributed by atoms with Crippen LogP contribution in [0.4, 0.5) is 5.69 Å². The zero-order chi connectivity index (χ0) is 19.1. The normalized spacial score (nSPS) is 18.7. The lowest BCUT2D eigenvalue weighted by molar-refractivity contribution is -0.122. The summed E-state index contributed by atoms with van der Waals surface area (Å²) >= 11 is 0. The lowest BCUT2D eigenvalue weighted by Gasteiger charge is -2.31. The highest BCUT2D eigenvalue weighted by Crippen LogP contribution is 2.27. The molecule has 0 aromatic heterocycles. The summed E-state index contributed by atoms with van der Waals surface area (Å²) in [5, 5.41) is 5.83. The molecule has 0 spiro atoms. The van der Waals surface area contributed by atoms with Gasteiger partial charge in [0.1, 0.15) is 0 Å². The molecule has 0 unspecified atom stereocenters. The Morgan fingerprint density at radius 1 is 1.03 bits per heavy atom. The smallest absolute Gasteiger partial charge is 0.251 e. The van der Waals surface area contributed by atoms with Gasteiger partial charge in [-0.25, -0.2) is 0 Å². The fourth-order valence-electron chi connectivity index (χ4n) is 3.62. The molecule has 1 aromatic carbocycles. The Balaban J connectivity index is 0.00000210. The van der Waals surface area contributed by atoms with Crippen LogP contribution in [-0.4, -0.2) is 61.6 Å². The summed E-state index contributed by atoms with van der Waals surface area (Å²) in [6, 6.07) is 6.95. The van der Waals surface area contributed by atoms with E-state index in [1.54, 1.807) is 24.3 Å². The zero-order valence-electron chi connectivity index (χ0n) is 16.7. The minimum atomic E-state index is -0.770. The van der Waals surface area contributed by atoms with Crippen molar-refractivity contribution < 1.29 is 14.3 Å². The predicted molar refractivity (Wildman–Crippen MR) is 119 cm³/mol. The lowest BCUT2D eigenvalue weighted by Crippen LogP contribution is -2.52. The molecule has 0 bridgehead atoms. The molecular weight excluding hydrogens is 415 g/mol. The summed E-state index contributed by atoms with van der Waals surface area (Å²) in [5.74, 6) is -0.242. The maximum Gasteiger partial charge on any atom is 0.251 e. The monoisotopic (exact) mass is 446 g/mol. The quantitative estimate of drug-likeness (QED) is 0.621. The van der Waals surface area contributed by atoms with Crippen molar-refractivity contribution in [2.45, 2.75) is 37.6 Å². The molecule has 29 heavy (non-hydrogen) atoms. The first-order chi connectivity index (χ1) is 13.1. The number of nitrogens with two attached hydrogens (primary N) is 1. The summed E-state index contributed by atoms with van der Waals surface area (Å²) in [4.78, 5) is 27.0. The highest BCUT2D eigenvalue weighted by atomic mass is 35.5. The number of nitrogens with zero attached hydrogens (tertiary/aromatic N) is 1. The van der Waals surface area contributed by atoms with Crippen molar-refractivity contribution in [2.75, 3.05) is 44.7 Å². The van der Waals surface area contributed by atoms with Crippen LogP contribution in [0.5, 0.6) is 0 Å². The minimum Gasteiger partial charge on any atom is -0.379 e. The van der Waals surface area contributed by atoms with E-state index in [0.717, 1.165) is 65.0 Å².